The van der Waals surface area contributed by atoms with Crippen molar-refractivity contribution in [1.29, 1.82) is 0 Å². The lowest BCUT2D eigenvalue weighted by atomic mass is 10.1. The molecule has 1 aliphatic heterocycles. The van der Waals surface area contributed by atoms with Crippen LogP contribution in [0.2, 0.25) is 0 Å². The minimum absolute atomic E-state index is 0.0667. The molecule has 0 aromatic heterocycles. The maximum absolute atomic E-state index is 12.7. The van der Waals surface area contributed by atoms with Gasteiger partial charge in [0.25, 0.3) is 5.91 Å². The zero-order chi connectivity index (χ0) is 18.7. The SMILES string of the molecule is O=C(Nc1ccc(N2CCCCC2=O)cc1)c1cccc(C(F)(F)F)c1. The number of alkyl halides is 3. The summed E-state index contributed by atoms with van der Waals surface area (Å²) in [4.78, 5) is 25.8. The van der Waals surface area contributed by atoms with Gasteiger partial charge in [-0.3, -0.25) is 9.59 Å². The normalized spacial score (nSPS) is 15.0. The van der Waals surface area contributed by atoms with Crippen molar-refractivity contribution in [3.63, 3.8) is 0 Å². The number of amides is 2. The van der Waals surface area contributed by atoms with Crippen LogP contribution in [-0.2, 0) is 11.0 Å². The lowest BCUT2D eigenvalue weighted by Crippen LogP contribution is -2.35. The number of anilines is 2. The Hall–Kier alpha value is -2.83. The van der Waals surface area contributed by atoms with Gasteiger partial charge in [0.2, 0.25) is 5.91 Å². The summed E-state index contributed by atoms with van der Waals surface area (Å²) in [5.41, 5.74) is 0.242. The van der Waals surface area contributed by atoms with Crippen molar-refractivity contribution in [2.24, 2.45) is 0 Å². The number of nitrogens with one attached hydrogen (secondary N) is 1. The fourth-order valence-corrected chi connectivity index (χ4v) is 2.84. The van der Waals surface area contributed by atoms with Gasteiger partial charge < -0.3 is 10.2 Å². The summed E-state index contributed by atoms with van der Waals surface area (Å²) in [6.45, 7) is 0.661. The van der Waals surface area contributed by atoms with Crippen molar-refractivity contribution in [2.75, 3.05) is 16.8 Å². The van der Waals surface area contributed by atoms with E-state index in [0.717, 1.165) is 30.7 Å². The first-order chi connectivity index (χ1) is 12.3. The van der Waals surface area contributed by atoms with Crippen LogP contribution < -0.4 is 10.2 Å². The second-order valence-electron chi connectivity index (χ2n) is 6.08. The van der Waals surface area contributed by atoms with E-state index in [0.29, 0.717) is 18.7 Å². The molecule has 1 fully saturated rings. The number of hydrogen-bond donors (Lipinski definition) is 1. The largest absolute Gasteiger partial charge is 0.416 e. The van der Waals surface area contributed by atoms with Crippen molar-refractivity contribution in [1.82, 2.24) is 0 Å². The summed E-state index contributed by atoms with van der Waals surface area (Å²) in [5, 5.41) is 2.57. The van der Waals surface area contributed by atoms with Crippen molar-refractivity contribution in [2.45, 2.75) is 25.4 Å². The van der Waals surface area contributed by atoms with E-state index in [1.165, 1.54) is 12.1 Å². The van der Waals surface area contributed by atoms with Crippen molar-refractivity contribution in [3.05, 3.63) is 59.7 Å². The highest BCUT2D eigenvalue weighted by Gasteiger charge is 2.30. The Morgan fingerprint density at radius 3 is 2.42 bits per heavy atom. The van der Waals surface area contributed by atoms with E-state index >= 15 is 0 Å². The smallest absolute Gasteiger partial charge is 0.322 e. The predicted octanol–water partition coefficient (Wildman–Crippen LogP) is 4.47. The molecule has 2 amide bonds. The highest BCUT2D eigenvalue weighted by molar-refractivity contribution is 6.04. The van der Waals surface area contributed by atoms with Crippen molar-refractivity contribution in [3.8, 4) is 0 Å². The van der Waals surface area contributed by atoms with Crippen LogP contribution in [0, 0.1) is 0 Å². The predicted molar refractivity (Wildman–Crippen MR) is 92.0 cm³/mol. The number of piperidine rings is 1. The van der Waals surface area contributed by atoms with Gasteiger partial charge >= 0.3 is 6.18 Å². The fraction of sp³-hybridized carbons (Fsp3) is 0.263. The molecule has 1 N–H and O–H groups in total. The third-order valence-corrected chi connectivity index (χ3v) is 4.21. The van der Waals surface area contributed by atoms with Crippen molar-refractivity contribution >= 4 is 23.2 Å². The Labute approximate surface area is 148 Å². The quantitative estimate of drug-likeness (QED) is 0.876. The molecule has 0 saturated carbocycles. The molecule has 0 radical (unpaired) electrons. The minimum Gasteiger partial charge on any atom is -0.322 e. The monoisotopic (exact) mass is 362 g/mol. The molecule has 4 nitrogen and oxygen atoms in total. The molecule has 0 aliphatic carbocycles. The molecule has 1 aliphatic rings. The van der Waals surface area contributed by atoms with Gasteiger partial charge in [-0.25, -0.2) is 0 Å². The van der Waals surface area contributed by atoms with Gasteiger partial charge in [0.1, 0.15) is 0 Å². The second-order valence-corrected chi connectivity index (χ2v) is 6.08. The second kappa shape index (κ2) is 7.19. The maximum Gasteiger partial charge on any atom is 0.416 e. The molecule has 26 heavy (non-hydrogen) atoms. The number of nitrogens with zero attached hydrogens (tertiary/aromatic N) is 1. The number of carbonyl (C=O) groups excluding carboxylic acids is 2. The van der Waals surface area contributed by atoms with E-state index < -0.39 is 17.6 Å². The number of rotatable bonds is 3. The maximum atomic E-state index is 12.7. The molecule has 3 rings (SSSR count). The van der Waals surface area contributed by atoms with Crippen LogP contribution in [0.5, 0.6) is 0 Å². The van der Waals surface area contributed by atoms with Gasteiger partial charge in [0, 0.05) is 29.9 Å². The van der Waals surface area contributed by atoms with Crippen LogP contribution >= 0.6 is 0 Å². The molecule has 1 saturated heterocycles. The minimum atomic E-state index is -4.50. The molecule has 0 unspecified atom stereocenters. The van der Waals surface area contributed by atoms with E-state index in [2.05, 4.69) is 5.32 Å². The zero-order valence-electron chi connectivity index (χ0n) is 13.8. The van der Waals surface area contributed by atoms with Crippen LogP contribution in [0.4, 0.5) is 24.5 Å². The number of carbonyl (C=O) groups is 2. The summed E-state index contributed by atoms with van der Waals surface area (Å²) in [7, 11) is 0. The Kier molecular flexibility index (Phi) is 4.97. The van der Waals surface area contributed by atoms with E-state index in [9.17, 15) is 22.8 Å². The van der Waals surface area contributed by atoms with Gasteiger partial charge in [-0.05, 0) is 55.3 Å². The first kappa shape index (κ1) is 18.0. The van der Waals surface area contributed by atoms with E-state index in [1.54, 1.807) is 29.2 Å². The third kappa shape index (κ3) is 4.04. The summed E-state index contributed by atoms with van der Waals surface area (Å²) < 4.78 is 38.2. The first-order valence-corrected chi connectivity index (χ1v) is 8.23. The first-order valence-electron chi connectivity index (χ1n) is 8.23. The highest BCUT2D eigenvalue weighted by Crippen LogP contribution is 2.30. The Morgan fingerprint density at radius 1 is 1.04 bits per heavy atom. The molecular formula is C19H17F3N2O2. The molecule has 0 spiro atoms. The van der Waals surface area contributed by atoms with Crippen LogP contribution in [0.3, 0.4) is 0 Å². The van der Waals surface area contributed by atoms with E-state index in [1.807, 2.05) is 0 Å². The molecule has 2 aromatic carbocycles. The molecule has 1 heterocycles. The van der Waals surface area contributed by atoms with Gasteiger partial charge in [0.15, 0.2) is 0 Å². The average Bonchev–Trinajstić information content (AvgIpc) is 2.62. The lowest BCUT2D eigenvalue weighted by Gasteiger charge is -2.26. The Balaban J connectivity index is 1.71. The fourth-order valence-electron chi connectivity index (χ4n) is 2.84. The lowest BCUT2D eigenvalue weighted by molar-refractivity contribution is -0.137. The molecule has 2 aromatic rings. The van der Waals surface area contributed by atoms with Crippen LogP contribution in [-0.4, -0.2) is 18.4 Å². The Bertz CT molecular complexity index is 816. The summed E-state index contributed by atoms with van der Waals surface area (Å²) in [6, 6.07) is 10.9. The molecule has 7 heteroatoms. The number of benzene rings is 2. The average molecular weight is 362 g/mol. The summed E-state index contributed by atoms with van der Waals surface area (Å²) in [5.74, 6) is -0.560. The summed E-state index contributed by atoms with van der Waals surface area (Å²) in [6.07, 6.45) is -2.15. The van der Waals surface area contributed by atoms with Crippen LogP contribution in [0.1, 0.15) is 35.2 Å². The number of hydrogen-bond acceptors (Lipinski definition) is 2. The number of halogens is 3. The third-order valence-electron chi connectivity index (χ3n) is 4.21. The molecular weight excluding hydrogens is 345 g/mol. The van der Waals surface area contributed by atoms with E-state index in [-0.39, 0.29) is 11.5 Å². The van der Waals surface area contributed by atoms with Gasteiger partial charge in [-0.1, -0.05) is 6.07 Å². The van der Waals surface area contributed by atoms with Crippen LogP contribution in [0.25, 0.3) is 0 Å². The van der Waals surface area contributed by atoms with E-state index in [4.69, 9.17) is 0 Å². The standard InChI is InChI=1S/C19H17F3N2O2/c20-19(21,22)14-5-3-4-13(12-14)18(26)23-15-7-9-16(10-8-15)24-11-2-1-6-17(24)25/h3-5,7-10,12H,1-2,6,11H2,(H,23,26). The van der Waals surface area contributed by atoms with Gasteiger partial charge in [-0.15, -0.1) is 0 Å². The molecule has 0 bridgehead atoms. The topological polar surface area (TPSA) is 49.4 Å². The van der Waals surface area contributed by atoms with Gasteiger partial charge in [-0.2, -0.15) is 13.2 Å². The zero-order valence-corrected chi connectivity index (χ0v) is 13.8. The summed E-state index contributed by atoms with van der Waals surface area (Å²) >= 11 is 0. The highest BCUT2D eigenvalue weighted by atomic mass is 19.4. The molecule has 136 valence electrons. The van der Waals surface area contributed by atoms with Crippen molar-refractivity contribution < 1.29 is 22.8 Å². The molecule has 0 atom stereocenters. The Morgan fingerprint density at radius 2 is 1.77 bits per heavy atom. The van der Waals surface area contributed by atoms with Crippen LogP contribution in [0.15, 0.2) is 48.5 Å². The van der Waals surface area contributed by atoms with Gasteiger partial charge in [0.05, 0.1) is 5.56 Å².